The van der Waals surface area contributed by atoms with E-state index >= 15 is 0 Å². The van der Waals surface area contributed by atoms with Crippen LogP contribution in [0.15, 0.2) is 49.6 Å². The number of unbranched alkanes of at least 4 members (excludes halogenated alkanes) is 1. The molecule has 0 saturated carbocycles. The van der Waals surface area contributed by atoms with E-state index in [1.54, 1.807) is 24.3 Å². The number of hydrogen-bond acceptors (Lipinski definition) is 7. The summed E-state index contributed by atoms with van der Waals surface area (Å²) in [4.78, 5) is 37.5. The van der Waals surface area contributed by atoms with Crippen LogP contribution in [0.25, 0.3) is 0 Å². The van der Waals surface area contributed by atoms with E-state index in [2.05, 4.69) is 24.0 Å². The van der Waals surface area contributed by atoms with Gasteiger partial charge >= 0.3 is 17.9 Å². The number of ether oxygens (including phenoxy) is 3. The molecule has 0 atom stereocenters. The molecule has 0 saturated heterocycles. The molecule has 0 N–H and O–H groups in total. The number of esters is 3. The van der Waals surface area contributed by atoms with Crippen LogP contribution in [0.3, 0.4) is 0 Å². The van der Waals surface area contributed by atoms with Crippen LogP contribution in [0.4, 0.5) is 0 Å². The van der Waals surface area contributed by atoms with Gasteiger partial charge in [-0.3, -0.25) is 14.4 Å². The lowest BCUT2D eigenvalue weighted by atomic mass is 9.76. The van der Waals surface area contributed by atoms with E-state index in [9.17, 15) is 19.6 Å². The van der Waals surface area contributed by atoms with Gasteiger partial charge in [-0.1, -0.05) is 49.9 Å². The predicted molar refractivity (Wildman–Crippen MR) is 110 cm³/mol. The molecule has 7 nitrogen and oxygen atoms in total. The molecule has 0 aliphatic carbocycles. The van der Waals surface area contributed by atoms with Gasteiger partial charge in [-0.25, -0.2) is 0 Å². The molecular weight excluding hydrogens is 386 g/mol. The third kappa shape index (κ3) is 6.89. The van der Waals surface area contributed by atoms with Crippen LogP contribution >= 0.6 is 0 Å². The Kier molecular flexibility index (Phi) is 10.6. The molecule has 30 heavy (non-hydrogen) atoms. The van der Waals surface area contributed by atoms with Crippen molar-refractivity contribution in [3.63, 3.8) is 0 Å². The van der Waals surface area contributed by atoms with E-state index in [0.717, 1.165) is 0 Å². The molecule has 0 heterocycles. The first-order valence-electron chi connectivity index (χ1n) is 9.56. The van der Waals surface area contributed by atoms with Crippen LogP contribution in [-0.2, 0) is 35.0 Å². The minimum Gasteiger partial charge on any atom is -0.469 e. The van der Waals surface area contributed by atoms with Crippen molar-refractivity contribution in [1.82, 2.24) is 0 Å². The van der Waals surface area contributed by atoms with Crippen molar-refractivity contribution >= 4 is 17.9 Å². The highest BCUT2D eigenvalue weighted by molar-refractivity contribution is 6.00. The number of methoxy groups -OCH3 is 1. The Hall–Kier alpha value is -3.40. The number of hydrogen-bond donors (Lipinski definition) is 0. The fraction of sp³-hybridized carbons (Fsp3) is 0.391. The largest absolute Gasteiger partial charge is 0.469 e. The molecule has 0 aliphatic heterocycles. The molecule has 0 bridgehead atoms. The van der Waals surface area contributed by atoms with Gasteiger partial charge in [-0.2, -0.15) is 5.26 Å². The van der Waals surface area contributed by atoms with Crippen LogP contribution < -0.4 is 0 Å². The summed E-state index contributed by atoms with van der Waals surface area (Å²) in [6.07, 6.45) is 3.76. The summed E-state index contributed by atoms with van der Waals surface area (Å²) < 4.78 is 15.1. The third-order valence-corrected chi connectivity index (χ3v) is 4.54. The first-order valence-corrected chi connectivity index (χ1v) is 9.56. The van der Waals surface area contributed by atoms with Gasteiger partial charge in [0.15, 0.2) is 5.41 Å². The molecule has 0 radical (unpaired) electrons. The minimum atomic E-state index is -1.67. The van der Waals surface area contributed by atoms with E-state index in [1.165, 1.54) is 19.3 Å². The topological polar surface area (TPSA) is 103 Å². The lowest BCUT2D eigenvalue weighted by Crippen LogP contribution is -2.44. The average molecular weight is 413 g/mol. The summed E-state index contributed by atoms with van der Waals surface area (Å²) in [7, 11) is 1.30. The van der Waals surface area contributed by atoms with Gasteiger partial charge in [0, 0.05) is 12.8 Å². The second-order valence-corrected chi connectivity index (χ2v) is 6.59. The first-order chi connectivity index (χ1) is 14.4. The molecule has 160 valence electrons. The Morgan fingerprint density at radius 2 is 1.67 bits per heavy atom. The Labute approximate surface area is 176 Å². The van der Waals surface area contributed by atoms with Crippen molar-refractivity contribution < 1.29 is 28.6 Å². The zero-order valence-corrected chi connectivity index (χ0v) is 17.2. The van der Waals surface area contributed by atoms with Crippen LogP contribution in [-0.4, -0.2) is 38.2 Å². The maximum Gasteiger partial charge on any atom is 0.324 e. The van der Waals surface area contributed by atoms with Gasteiger partial charge in [-0.15, -0.1) is 0 Å². The minimum absolute atomic E-state index is 0.0685. The molecule has 0 unspecified atom stereocenters. The monoisotopic (exact) mass is 413 g/mol. The Balaban J connectivity index is 3.29. The smallest absolute Gasteiger partial charge is 0.324 e. The maximum atomic E-state index is 13.0. The highest BCUT2D eigenvalue weighted by Crippen LogP contribution is 2.34. The molecule has 0 amide bonds. The summed E-state index contributed by atoms with van der Waals surface area (Å²) in [6.45, 7) is 6.90. The lowest BCUT2D eigenvalue weighted by molar-refractivity contribution is -0.172. The van der Waals surface area contributed by atoms with Gasteiger partial charge in [-0.05, 0) is 24.5 Å². The highest BCUT2D eigenvalue weighted by atomic mass is 16.6. The quantitative estimate of drug-likeness (QED) is 0.161. The summed E-state index contributed by atoms with van der Waals surface area (Å²) in [5, 5.41) is 9.42. The van der Waals surface area contributed by atoms with Crippen LogP contribution in [0, 0.1) is 16.7 Å². The van der Waals surface area contributed by atoms with Crippen molar-refractivity contribution in [2.75, 3.05) is 20.3 Å². The van der Waals surface area contributed by atoms with Crippen LogP contribution in [0.5, 0.6) is 0 Å². The van der Waals surface area contributed by atoms with Crippen molar-refractivity contribution in [2.24, 2.45) is 5.41 Å². The molecule has 0 spiro atoms. The van der Waals surface area contributed by atoms with E-state index in [1.807, 2.05) is 0 Å². The molecule has 1 aromatic carbocycles. The van der Waals surface area contributed by atoms with Gasteiger partial charge in [0.25, 0.3) is 0 Å². The Morgan fingerprint density at radius 1 is 1.07 bits per heavy atom. The lowest BCUT2D eigenvalue weighted by Gasteiger charge is -2.29. The number of nitriles is 1. The van der Waals surface area contributed by atoms with E-state index in [4.69, 9.17) is 9.47 Å². The normalized spacial score (nSPS) is 10.4. The zero-order valence-electron chi connectivity index (χ0n) is 17.2. The second kappa shape index (κ2) is 12.9. The van der Waals surface area contributed by atoms with Crippen LogP contribution in [0.2, 0.25) is 0 Å². The van der Waals surface area contributed by atoms with Gasteiger partial charge in [0.05, 0.1) is 18.7 Å². The van der Waals surface area contributed by atoms with E-state index < -0.39 is 17.4 Å². The zero-order chi connectivity index (χ0) is 22.4. The summed E-state index contributed by atoms with van der Waals surface area (Å²) >= 11 is 0. The number of rotatable bonds is 13. The fourth-order valence-corrected chi connectivity index (χ4v) is 2.97. The number of carbonyl (C=O) groups is 3. The molecule has 0 aromatic heterocycles. The summed E-state index contributed by atoms with van der Waals surface area (Å²) in [5.74, 6) is -1.90. The van der Waals surface area contributed by atoms with E-state index in [0.29, 0.717) is 24.0 Å². The standard InChI is InChI=1S/C23H27NO6/c1-4-14-29-21(26)23(22(27)30-15-5-2,13-9-8-12-20(25)28-3)16-18-10-6-7-11-19(18)17-24/h4-7,10-11H,1-2,8-9,12-16H2,3H3. The van der Waals surface area contributed by atoms with Crippen molar-refractivity contribution in [2.45, 2.75) is 32.1 Å². The molecule has 0 fully saturated rings. The molecule has 1 aromatic rings. The predicted octanol–water partition coefficient (Wildman–Crippen LogP) is 3.28. The third-order valence-electron chi connectivity index (χ3n) is 4.54. The summed E-state index contributed by atoms with van der Waals surface area (Å²) in [5.41, 5.74) is -0.793. The van der Waals surface area contributed by atoms with Crippen molar-refractivity contribution in [3.8, 4) is 6.07 Å². The van der Waals surface area contributed by atoms with Crippen molar-refractivity contribution in [3.05, 3.63) is 60.7 Å². The summed E-state index contributed by atoms with van der Waals surface area (Å²) in [6, 6.07) is 8.80. The average Bonchev–Trinajstić information content (AvgIpc) is 2.77. The number of nitrogens with zero attached hydrogens (tertiary/aromatic N) is 1. The van der Waals surface area contributed by atoms with E-state index in [-0.39, 0.29) is 38.4 Å². The fourth-order valence-electron chi connectivity index (χ4n) is 2.97. The molecule has 1 rings (SSSR count). The van der Waals surface area contributed by atoms with Gasteiger partial charge in [0.2, 0.25) is 0 Å². The first kappa shape index (κ1) is 24.6. The van der Waals surface area contributed by atoms with Gasteiger partial charge in [0.1, 0.15) is 13.2 Å². The van der Waals surface area contributed by atoms with Gasteiger partial charge < -0.3 is 14.2 Å². The molecular formula is C23H27NO6. The SMILES string of the molecule is C=CCOC(=O)C(CCCCC(=O)OC)(Cc1ccccc1C#N)C(=O)OCC=C. The van der Waals surface area contributed by atoms with Crippen LogP contribution in [0.1, 0.15) is 36.8 Å². The number of carbonyl (C=O) groups excluding carboxylic acids is 3. The highest BCUT2D eigenvalue weighted by Gasteiger charge is 2.48. The molecule has 0 aliphatic rings. The Morgan fingerprint density at radius 3 is 2.20 bits per heavy atom. The second-order valence-electron chi connectivity index (χ2n) is 6.59. The Bertz CT molecular complexity index is 784. The number of benzene rings is 1. The molecule has 7 heteroatoms. The maximum absolute atomic E-state index is 13.0. The van der Waals surface area contributed by atoms with Crippen molar-refractivity contribution in [1.29, 1.82) is 5.26 Å².